The van der Waals surface area contributed by atoms with Gasteiger partial charge >= 0.3 is 0 Å². The highest BCUT2D eigenvalue weighted by molar-refractivity contribution is 7.99. The fourth-order valence-electron chi connectivity index (χ4n) is 2.15. The van der Waals surface area contributed by atoms with Crippen LogP contribution in [0.2, 0.25) is 0 Å². The molecule has 116 valence electrons. The largest absolute Gasteiger partial charge is 0.321 e. The lowest BCUT2D eigenvalue weighted by Crippen LogP contribution is -2.09. The monoisotopic (exact) mass is 339 g/mol. The quantitative estimate of drug-likeness (QED) is 0.654. The lowest BCUT2D eigenvalue weighted by Gasteiger charge is -2.08. The second-order valence-corrected chi connectivity index (χ2v) is 7.39. The summed E-state index contributed by atoms with van der Waals surface area (Å²) < 4.78 is 0. The summed E-state index contributed by atoms with van der Waals surface area (Å²) in [5, 5.41) is 4.82. The van der Waals surface area contributed by atoms with E-state index in [1.54, 1.807) is 11.8 Å². The van der Waals surface area contributed by atoms with E-state index in [0.717, 1.165) is 15.5 Å². The Kier molecular flexibility index (Phi) is 4.84. The fraction of sp³-hybridized carbons (Fsp3) is 0.105. The molecular weight excluding hydrogens is 322 g/mol. The van der Waals surface area contributed by atoms with Crippen molar-refractivity contribution >= 4 is 34.7 Å². The molecule has 0 aliphatic heterocycles. The summed E-state index contributed by atoms with van der Waals surface area (Å²) in [6, 6.07) is 18.1. The Bertz CT molecular complexity index is 808. The third kappa shape index (κ3) is 4.03. The van der Waals surface area contributed by atoms with E-state index in [0.29, 0.717) is 0 Å². The van der Waals surface area contributed by atoms with Gasteiger partial charge in [0.1, 0.15) is 0 Å². The number of hydrogen-bond donors (Lipinski definition) is 1. The molecule has 0 spiro atoms. The number of thiophene rings is 1. The van der Waals surface area contributed by atoms with Crippen LogP contribution in [0.1, 0.15) is 20.8 Å². The highest BCUT2D eigenvalue weighted by atomic mass is 32.2. The van der Waals surface area contributed by atoms with Crippen molar-refractivity contribution in [2.24, 2.45) is 0 Å². The molecule has 0 atom stereocenters. The Morgan fingerprint density at radius 3 is 2.52 bits per heavy atom. The number of aryl methyl sites for hydroxylation is 2. The van der Waals surface area contributed by atoms with Gasteiger partial charge in [-0.15, -0.1) is 11.3 Å². The van der Waals surface area contributed by atoms with Crippen molar-refractivity contribution in [2.45, 2.75) is 23.6 Å². The molecule has 1 N–H and O–H groups in total. The second-order valence-electron chi connectivity index (χ2n) is 5.33. The van der Waals surface area contributed by atoms with Gasteiger partial charge in [-0.1, -0.05) is 30.0 Å². The van der Waals surface area contributed by atoms with Gasteiger partial charge in [-0.25, -0.2) is 0 Å². The van der Waals surface area contributed by atoms with Crippen LogP contribution in [-0.4, -0.2) is 5.91 Å². The molecule has 0 bridgehead atoms. The zero-order valence-electron chi connectivity index (χ0n) is 13.0. The third-order valence-corrected chi connectivity index (χ3v) is 5.46. The molecule has 4 heteroatoms. The topological polar surface area (TPSA) is 29.1 Å². The molecule has 2 nitrogen and oxygen atoms in total. The lowest BCUT2D eigenvalue weighted by atomic mass is 10.2. The van der Waals surface area contributed by atoms with Gasteiger partial charge in [-0.05, 0) is 66.8 Å². The van der Waals surface area contributed by atoms with Crippen molar-refractivity contribution in [2.75, 3.05) is 5.32 Å². The first kappa shape index (κ1) is 15.8. The predicted octanol–water partition coefficient (Wildman–Crippen LogP) is 5.77. The fourth-order valence-corrected chi connectivity index (χ4v) is 3.77. The summed E-state index contributed by atoms with van der Waals surface area (Å²) in [5.41, 5.74) is 3.35. The Morgan fingerprint density at radius 2 is 1.83 bits per heavy atom. The van der Waals surface area contributed by atoms with Crippen molar-refractivity contribution < 1.29 is 4.79 Å². The van der Waals surface area contributed by atoms with E-state index < -0.39 is 0 Å². The Morgan fingerprint density at radius 1 is 1.04 bits per heavy atom. The summed E-state index contributed by atoms with van der Waals surface area (Å²) in [6.45, 7) is 4.23. The molecule has 0 radical (unpaired) electrons. The van der Waals surface area contributed by atoms with Crippen LogP contribution in [0, 0.1) is 13.8 Å². The normalized spacial score (nSPS) is 10.5. The van der Waals surface area contributed by atoms with Crippen LogP contribution in [0.3, 0.4) is 0 Å². The average molecular weight is 339 g/mol. The van der Waals surface area contributed by atoms with Crippen LogP contribution in [0.15, 0.2) is 69.8 Å². The van der Waals surface area contributed by atoms with Gasteiger partial charge in [0.15, 0.2) is 0 Å². The Balaban J connectivity index is 1.70. The molecule has 3 aromatic rings. The van der Waals surface area contributed by atoms with Crippen LogP contribution in [0.4, 0.5) is 5.69 Å². The molecule has 2 aromatic carbocycles. The number of benzene rings is 2. The molecule has 0 unspecified atom stereocenters. The molecule has 1 heterocycles. The Labute approximate surface area is 144 Å². The van der Waals surface area contributed by atoms with Crippen molar-refractivity contribution in [1.29, 1.82) is 0 Å². The second kappa shape index (κ2) is 7.02. The van der Waals surface area contributed by atoms with Crippen LogP contribution in [-0.2, 0) is 0 Å². The van der Waals surface area contributed by atoms with Gasteiger partial charge in [0.25, 0.3) is 5.91 Å². The van der Waals surface area contributed by atoms with E-state index in [-0.39, 0.29) is 5.91 Å². The highest BCUT2D eigenvalue weighted by Crippen LogP contribution is 2.31. The first-order valence-electron chi connectivity index (χ1n) is 7.32. The van der Waals surface area contributed by atoms with Gasteiger partial charge in [-0.2, -0.15) is 0 Å². The molecular formula is C19H17NOS2. The van der Waals surface area contributed by atoms with Crippen LogP contribution >= 0.6 is 23.1 Å². The zero-order chi connectivity index (χ0) is 16.2. The minimum atomic E-state index is -0.0602. The maximum Gasteiger partial charge on any atom is 0.265 e. The van der Waals surface area contributed by atoms with Gasteiger partial charge in [-0.3, -0.25) is 4.79 Å². The highest BCUT2D eigenvalue weighted by Gasteiger charge is 2.07. The van der Waals surface area contributed by atoms with Crippen LogP contribution in [0.5, 0.6) is 0 Å². The van der Waals surface area contributed by atoms with E-state index in [9.17, 15) is 4.79 Å². The van der Waals surface area contributed by atoms with Gasteiger partial charge in [0.05, 0.1) is 4.88 Å². The summed E-state index contributed by atoms with van der Waals surface area (Å²) in [5.74, 6) is -0.0602. The molecule has 0 saturated carbocycles. The molecule has 0 saturated heterocycles. The van der Waals surface area contributed by atoms with E-state index in [1.807, 2.05) is 41.8 Å². The van der Waals surface area contributed by atoms with Gasteiger partial charge in [0.2, 0.25) is 0 Å². The molecule has 0 fully saturated rings. The lowest BCUT2D eigenvalue weighted by molar-refractivity contribution is 0.103. The first-order chi connectivity index (χ1) is 11.1. The van der Waals surface area contributed by atoms with Crippen molar-refractivity contribution in [1.82, 2.24) is 0 Å². The molecule has 3 rings (SSSR count). The summed E-state index contributed by atoms with van der Waals surface area (Å²) in [7, 11) is 0. The number of nitrogens with one attached hydrogen (secondary N) is 1. The predicted molar refractivity (Wildman–Crippen MR) is 98.8 cm³/mol. The van der Waals surface area contributed by atoms with Crippen molar-refractivity contribution in [3.63, 3.8) is 0 Å². The van der Waals surface area contributed by atoms with Crippen LogP contribution < -0.4 is 5.32 Å². The molecule has 0 aliphatic rings. The van der Waals surface area contributed by atoms with Crippen molar-refractivity contribution in [3.05, 3.63) is 76.0 Å². The van der Waals surface area contributed by atoms with E-state index in [2.05, 4.69) is 37.4 Å². The average Bonchev–Trinajstić information content (AvgIpc) is 3.07. The molecule has 1 amide bonds. The zero-order valence-corrected chi connectivity index (χ0v) is 14.6. The van der Waals surface area contributed by atoms with Crippen LogP contribution in [0.25, 0.3) is 0 Å². The van der Waals surface area contributed by atoms with E-state index in [1.165, 1.54) is 27.4 Å². The standard InChI is InChI=1S/C19H17NOS2/c1-13-5-6-14(2)18(12-13)23-16-9-7-15(8-10-16)20-19(21)17-4-3-11-22-17/h3-12H,1-2H3,(H,20,21). The summed E-state index contributed by atoms with van der Waals surface area (Å²) in [6.07, 6.45) is 0. The van der Waals surface area contributed by atoms with Crippen molar-refractivity contribution in [3.8, 4) is 0 Å². The minimum Gasteiger partial charge on any atom is -0.321 e. The number of carbonyl (C=O) groups excluding carboxylic acids is 1. The van der Waals surface area contributed by atoms with Gasteiger partial charge in [0, 0.05) is 15.5 Å². The number of hydrogen-bond acceptors (Lipinski definition) is 3. The van der Waals surface area contributed by atoms with Gasteiger partial charge < -0.3 is 5.32 Å². The Hall–Kier alpha value is -2.04. The maximum absolute atomic E-state index is 12.0. The summed E-state index contributed by atoms with van der Waals surface area (Å²) in [4.78, 5) is 15.2. The third-order valence-electron chi connectivity index (χ3n) is 3.43. The van der Waals surface area contributed by atoms with E-state index in [4.69, 9.17) is 0 Å². The molecule has 0 aliphatic carbocycles. The number of carbonyl (C=O) groups is 1. The molecule has 23 heavy (non-hydrogen) atoms. The van der Waals surface area contributed by atoms with E-state index >= 15 is 0 Å². The first-order valence-corrected chi connectivity index (χ1v) is 9.01. The number of rotatable bonds is 4. The number of amides is 1. The molecule has 1 aromatic heterocycles. The maximum atomic E-state index is 12.0. The smallest absolute Gasteiger partial charge is 0.265 e. The summed E-state index contributed by atoms with van der Waals surface area (Å²) >= 11 is 3.19. The number of anilines is 1. The minimum absolute atomic E-state index is 0.0602. The SMILES string of the molecule is Cc1ccc(C)c(Sc2ccc(NC(=O)c3cccs3)cc2)c1.